The fourth-order valence-electron chi connectivity index (χ4n) is 2.24. The highest BCUT2D eigenvalue weighted by Gasteiger charge is 2.15. The molecule has 31 heavy (non-hydrogen) atoms. The number of hydrogen-bond donors (Lipinski definition) is 0. The number of ether oxygens (including phenoxy) is 2. The largest absolute Gasteiger partial charge is 0.514 e. The molecule has 0 saturated carbocycles. The van der Waals surface area contributed by atoms with Crippen molar-refractivity contribution in [1.82, 2.24) is 4.98 Å². The normalized spacial score (nSPS) is 10.3. The van der Waals surface area contributed by atoms with Crippen molar-refractivity contribution in [3.63, 3.8) is 0 Å². The van der Waals surface area contributed by atoms with Gasteiger partial charge in [-0.1, -0.05) is 29.0 Å². The van der Waals surface area contributed by atoms with E-state index in [-0.39, 0.29) is 23.7 Å². The number of benzene rings is 2. The number of carbonyl (C=O) groups excluding carboxylic acids is 1. The third-order valence-electron chi connectivity index (χ3n) is 3.67. The van der Waals surface area contributed by atoms with Crippen molar-refractivity contribution in [1.29, 1.82) is 0 Å². The molecular formula is C19H13N3O7S2. The molecule has 0 bridgehead atoms. The molecule has 2 aromatic carbocycles. The summed E-state index contributed by atoms with van der Waals surface area (Å²) in [6, 6.07) is 15.1. The molecule has 1 heterocycles. The van der Waals surface area contributed by atoms with E-state index >= 15 is 0 Å². The highest BCUT2D eigenvalue weighted by molar-refractivity contribution is 8.76. The zero-order valence-corrected chi connectivity index (χ0v) is 17.2. The average molecular weight is 459 g/mol. The van der Waals surface area contributed by atoms with Crippen LogP contribution in [-0.2, 0) is 11.3 Å². The summed E-state index contributed by atoms with van der Waals surface area (Å²) in [6.07, 6.45) is 0.500. The highest BCUT2D eigenvalue weighted by Crippen LogP contribution is 2.40. The molecule has 0 amide bonds. The molecule has 158 valence electrons. The van der Waals surface area contributed by atoms with Crippen LogP contribution in [-0.4, -0.2) is 21.0 Å². The van der Waals surface area contributed by atoms with Crippen LogP contribution in [0.1, 0.15) is 5.56 Å². The summed E-state index contributed by atoms with van der Waals surface area (Å²) >= 11 is 0. The van der Waals surface area contributed by atoms with Crippen LogP contribution in [0.2, 0.25) is 0 Å². The molecule has 0 unspecified atom stereocenters. The smallest absolute Gasteiger partial charge is 0.429 e. The van der Waals surface area contributed by atoms with Crippen LogP contribution in [0.5, 0.6) is 5.75 Å². The second-order valence-corrected chi connectivity index (χ2v) is 7.98. The average Bonchev–Trinajstić information content (AvgIpc) is 2.77. The zero-order chi connectivity index (χ0) is 22.2. The lowest BCUT2D eigenvalue weighted by atomic mass is 10.2. The van der Waals surface area contributed by atoms with Crippen molar-refractivity contribution in [3.8, 4) is 5.75 Å². The van der Waals surface area contributed by atoms with E-state index in [1.807, 2.05) is 0 Å². The zero-order valence-electron chi connectivity index (χ0n) is 15.6. The summed E-state index contributed by atoms with van der Waals surface area (Å²) in [6.45, 7) is -0.0580. The summed E-state index contributed by atoms with van der Waals surface area (Å²) in [4.78, 5) is 37.3. The van der Waals surface area contributed by atoms with Gasteiger partial charge in [0.2, 0.25) is 0 Å². The van der Waals surface area contributed by atoms with Crippen molar-refractivity contribution in [3.05, 3.63) is 92.7 Å². The SMILES string of the molecule is O=C(OCc1ccc(SSc2ncccc2[N+](=O)[O-])cc1)Oc1cccc([N+](=O)[O-])c1. The fourth-order valence-corrected chi connectivity index (χ4v) is 4.24. The quantitative estimate of drug-likeness (QED) is 0.141. The number of nitro benzene ring substituents is 1. The maximum atomic E-state index is 11.8. The number of rotatable bonds is 8. The van der Waals surface area contributed by atoms with Crippen molar-refractivity contribution < 1.29 is 24.1 Å². The summed E-state index contributed by atoms with van der Waals surface area (Å²) in [5.74, 6) is 0.00610. The van der Waals surface area contributed by atoms with Crippen molar-refractivity contribution in [2.24, 2.45) is 0 Å². The Morgan fingerprint density at radius 2 is 1.74 bits per heavy atom. The number of nitrogens with zero attached hydrogens (tertiary/aromatic N) is 3. The monoisotopic (exact) mass is 459 g/mol. The molecule has 0 N–H and O–H groups in total. The van der Waals surface area contributed by atoms with Crippen molar-refractivity contribution >= 4 is 39.1 Å². The third kappa shape index (κ3) is 6.42. The summed E-state index contributed by atoms with van der Waals surface area (Å²) < 4.78 is 9.95. The maximum absolute atomic E-state index is 11.8. The molecule has 0 aliphatic carbocycles. The highest BCUT2D eigenvalue weighted by atomic mass is 33.1. The van der Waals surface area contributed by atoms with Gasteiger partial charge >= 0.3 is 11.8 Å². The second-order valence-electron chi connectivity index (χ2n) is 5.79. The molecule has 0 aliphatic heterocycles. The molecule has 3 rings (SSSR count). The lowest BCUT2D eigenvalue weighted by Crippen LogP contribution is -2.10. The molecule has 0 spiro atoms. The van der Waals surface area contributed by atoms with Gasteiger partial charge in [0, 0.05) is 23.2 Å². The molecule has 0 fully saturated rings. The molecular weight excluding hydrogens is 446 g/mol. The minimum absolute atomic E-state index is 0.00610. The van der Waals surface area contributed by atoms with Gasteiger partial charge in [-0.15, -0.1) is 0 Å². The molecule has 3 aromatic rings. The van der Waals surface area contributed by atoms with E-state index in [0.717, 1.165) is 11.0 Å². The maximum Gasteiger partial charge on any atom is 0.514 e. The van der Waals surface area contributed by atoms with Gasteiger partial charge in [-0.3, -0.25) is 20.2 Å². The molecule has 0 saturated heterocycles. The minimum atomic E-state index is -0.989. The molecule has 12 heteroatoms. The molecule has 0 aliphatic rings. The van der Waals surface area contributed by atoms with Crippen molar-refractivity contribution in [2.75, 3.05) is 0 Å². The van der Waals surface area contributed by atoms with E-state index in [9.17, 15) is 25.0 Å². The van der Waals surface area contributed by atoms with Crippen LogP contribution in [0.4, 0.5) is 16.2 Å². The molecule has 0 atom stereocenters. The van der Waals surface area contributed by atoms with E-state index in [1.54, 1.807) is 24.3 Å². The minimum Gasteiger partial charge on any atom is -0.429 e. The fraction of sp³-hybridized carbons (Fsp3) is 0.0526. The van der Waals surface area contributed by atoms with E-state index in [4.69, 9.17) is 9.47 Å². The Hall–Kier alpha value is -3.64. The van der Waals surface area contributed by atoms with Crippen LogP contribution in [0.3, 0.4) is 0 Å². The number of aromatic nitrogens is 1. The third-order valence-corrected chi connectivity index (χ3v) is 6.00. The first kappa shape index (κ1) is 22.1. The van der Waals surface area contributed by atoms with Gasteiger partial charge < -0.3 is 9.47 Å². The van der Waals surface area contributed by atoms with Crippen LogP contribution in [0.25, 0.3) is 0 Å². The Kier molecular flexibility index (Phi) is 7.40. The first-order valence-corrected chi connectivity index (χ1v) is 10.7. The Morgan fingerprint density at radius 3 is 2.45 bits per heavy atom. The lowest BCUT2D eigenvalue weighted by Gasteiger charge is -2.07. The van der Waals surface area contributed by atoms with E-state index < -0.39 is 16.0 Å². The van der Waals surface area contributed by atoms with Crippen LogP contribution >= 0.6 is 21.6 Å². The molecule has 0 radical (unpaired) electrons. The van der Waals surface area contributed by atoms with Gasteiger partial charge in [0.1, 0.15) is 12.4 Å². The van der Waals surface area contributed by atoms with Gasteiger partial charge in [0.05, 0.1) is 15.9 Å². The first-order chi connectivity index (χ1) is 14.9. The number of hydrogen-bond acceptors (Lipinski definition) is 10. The number of nitro groups is 2. The van der Waals surface area contributed by atoms with E-state index in [0.29, 0.717) is 10.6 Å². The predicted octanol–water partition coefficient (Wildman–Crippen LogP) is 5.41. The summed E-state index contributed by atoms with van der Waals surface area (Å²) in [5, 5.41) is 22.1. The Balaban J connectivity index is 1.50. The molecule has 1 aromatic heterocycles. The van der Waals surface area contributed by atoms with Crippen LogP contribution < -0.4 is 4.74 Å². The Bertz CT molecular complexity index is 1110. The van der Waals surface area contributed by atoms with Crippen molar-refractivity contribution in [2.45, 2.75) is 16.5 Å². The van der Waals surface area contributed by atoms with Crippen LogP contribution in [0, 0.1) is 20.2 Å². The van der Waals surface area contributed by atoms with Gasteiger partial charge in [-0.05, 0) is 40.6 Å². The molecule has 10 nitrogen and oxygen atoms in total. The Morgan fingerprint density at radius 1 is 0.968 bits per heavy atom. The lowest BCUT2D eigenvalue weighted by molar-refractivity contribution is -0.388. The number of non-ortho nitro benzene ring substituents is 1. The predicted molar refractivity (Wildman–Crippen MR) is 113 cm³/mol. The number of pyridine rings is 1. The van der Waals surface area contributed by atoms with E-state index in [1.165, 1.54) is 58.1 Å². The van der Waals surface area contributed by atoms with Crippen LogP contribution in [0.15, 0.2) is 76.8 Å². The van der Waals surface area contributed by atoms with Gasteiger partial charge in [0.15, 0.2) is 5.03 Å². The topological polar surface area (TPSA) is 135 Å². The summed E-state index contributed by atoms with van der Waals surface area (Å²) in [7, 11) is 2.47. The van der Waals surface area contributed by atoms with Gasteiger partial charge in [-0.2, -0.15) is 0 Å². The Labute approximate surface area is 183 Å². The summed E-state index contributed by atoms with van der Waals surface area (Å²) in [5.41, 5.74) is 0.425. The van der Waals surface area contributed by atoms with Gasteiger partial charge in [0.25, 0.3) is 5.69 Å². The first-order valence-electron chi connectivity index (χ1n) is 8.54. The van der Waals surface area contributed by atoms with E-state index in [2.05, 4.69) is 4.98 Å². The number of carbonyl (C=O) groups is 1. The van der Waals surface area contributed by atoms with Gasteiger partial charge in [-0.25, -0.2) is 9.78 Å². The second kappa shape index (κ2) is 10.4. The standard InChI is InChI=1S/C19H13N3O7S2/c23-19(29-15-4-1-3-14(11-15)21(24)25)28-12-13-6-8-16(9-7-13)30-31-18-17(22(26)27)5-2-10-20-18/h1-11H,12H2.